The standard InChI is InChI=1S/C18H25N3O2/c1-12-15(20-13(2)22)7-5-8-16(12)21-17(23)18-9-4-3-6-14(18)10-19-11-18/h5,7-8,14,19H,3-4,6,9-11H2,1-2H3,(H,20,22)(H,21,23)/t14-,18+/m0/s1. The molecule has 0 radical (unpaired) electrons. The molecule has 23 heavy (non-hydrogen) atoms. The van der Waals surface area contributed by atoms with Crippen LogP contribution in [0.5, 0.6) is 0 Å². The van der Waals surface area contributed by atoms with Crippen LogP contribution in [0.2, 0.25) is 0 Å². The highest BCUT2D eigenvalue weighted by Crippen LogP contribution is 2.44. The van der Waals surface area contributed by atoms with E-state index in [-0.39, 0.29) is 17.2 Å². The first-order valence-electron chi connectivity index (χ1n) is 8.42. The largest absolute Gasteiger partial charge is 0.326 e. The topological polar surface area (TPSA) is 70.2 Å². The maximum absolute atomic E-state index is 13.0. The van der Waals surface area contributed by atoms with Crippen molar-refractivity contribution in [3.05, 3.63) is 23.8 Å². The average molecular weight is 315 g/mol. The van der Waals surface area contributed by atoms with Crippen LogP contribution >= 0.6 is 0 Å². The van der Waals surface area contributed by atoms with E-state index >= 15 is 0 Å². The van der Waals surface area contributed by atoms with E-state index in [1.165, 1.54) is 13.3 Å². The maximum Gasteiger partial charge on any atom is 0.232 e. The lowest BCUT2D eigenvalue weighted by atomic mass is 9.67. The Kier molecular flexibility index (Phi) is 4.39. The van der Waals surface area contributed by atoms with Crippen LogP contribution in [0.4, 0.5) is 11.4 Å². The summed E-state index contributed by atoms with van der Waals surface area (Å²) in [6.07, 6.45) is 4.43. The molecule has 5 heteroatoms. The highest BCUT2D eigenvalue weighted by Gasteiger charge is 2.49. The van der Waals surface area contributed by atoms with Crippen molar-refractivity contribution < 1.29 is 9.59 Å². The molecular formula is C18H25N3O2. The summed E-state index contributed by atoms with van der Waals surface area (Å²) in [7, 11) is 0. The summed E-state index contributed by atoms with van der Waals surface area (Å²) in [5, 5.41) is 9.34. The molecule has 0 aromatic heterocycles. The number of hydrogen-bond donors (Lipinski definition) is 3. The van der Waals surface area contributed by atoms with E-state index in [1.807, 2.05) is 25.1 Å². The van der Waals surface area contributed by atoms with Gasteiger partial charge in [-0.25, -0.2) is 0 Å². The molecule has 5 nitrogen and oxygen atoms in total. The van der Waals surface area contributed by atoms with Crippen molar-refractivity contribution in [2.75, 3.05) is 23.7 Å². The van der Waals surface area contributed by atoms with Gasteiger partial charge < -0.3 is 16.0 Å². The third-order valence-electron chi connectivity index (χ3n) is 5.38. The van der Waals surface area contributed by atoms with Gasteiger partial charge in [-0.15, -0.1) is 0 Å². The van der Waals surface area contributed by atoms with Gasteiger partial charge in [0.15, 0.2) is 0 Å². The van der Waals surface area contributed by atoms with Crippen molar-refractivity contribution in [3.8, 4) is 0 Å². The quantitative estimate of drug-likeness (QED) is 0.803. The van der Waals surface area contributed by atoms with Crippen molar-refractivity contribution in [1.29, 1.82) is 0 Å². The minimum absolute atomic E-state index is 0.109. The molecule has 1 aromatic rings. The maximum atomic E-state index is 13.0. The average Bonchev–Trinajstić information content (AvgIpc) is 2.96. The van der Waals surface area contributed by atoms with E-state index in [1.54, 1.807) is 0 Å². The summed E-state index contributed by atoms with van der Waals surface area (Å²) in [6, 6.07) is 5.61. The van der Waals surface area contributed by atoms with E-state index in [4.69, 9.17) is 0 Å². The number of amides is 2. The number of nitrogens with one attached hydrogen (secondary N) is 3. The van der Waals surface area contributed by atoms with Crippen molar-refractivity contribution in [3.63, 3.8) is 0 Å². The minimum atomic E-state index is -0.269. The fraction of sp³-hybridized carbons (Fsp3) is 0.556. The molecular weight excluding hydrogens is 290 g/mol. The molecule has 2 fully saturated rings. The van der Waals surface area contributed by atoms with Gasteiger partial charge in [-0.3, -0.25) is 9.59 Å². The molecule has 1 saturated carbocycles. The van der Waals surface area contributed by atoms with E-state index in [0.717, 1.165) is 49.3 Å². The van der Waals surface area contributed by atoms with E-state index < -0.39 is 0 Å². The van der Waals surface area contributed by atoms with Gasteiger partial charge in [-0.1, -0.05) is 18.9 Å². The third-order valence-corrected chi connectivity index (χ3v) is 5.38. The van der Waals surface area contributed by atoms with Crippen LogP contribution in [0, 0.1) is 18.3 Å². The molecule has 3 N–H and O–H groups in total. The molecule has 3 rings (SSSR count). The highest BCUT2D eigenvalue weighted by atomic mass is 16.2. The Labute approximate surface area is 137 Å². The van der Waals surface area contributed by atoms with Crippen LogP contribution in [0.15, 0.2) is 18.2 Å². The predicted molar refractivity (Wildman–Crippen MR) is 91.4 cm³/mol. The number of carbonyl (C=O) groups is 2. The molecule has 1 aliphatic carbocycles. The molecule has 124 valence electrons. The van der Waals surface area contributed by atoms with Gasteiger partial charge in [0, 0.05) is 24.8 Å². The Hall–Kier alpha value is -1.88. The van der Waals surface area contributed by atoms with Crippen molar-refractivity contribution in [2.45, 2.75) is 39.5 Å². The lowest BCUT2D eigenvalue weighted by Gasteiger charge is -2.37. The van der Waals surface area contributed by atoms with Gasteiger partial charge in [0.25, 0.3) is 0 Å². The molecule has 1 aromatic carbocycles. The zero-order valence-corrected chi connectivity index (χ0v) is 13.9. The molecule has 0 spiro atoms. The number of anilines is 2. The van der Waals surface area contributed by atoms with Crippen LogP contribution in [-0.2, 0) is 9.59 Å². The zero-order chi connectivity index (χ0) is 16.4. The van der Waals surface area contributed by atoms with Gasteiger partial charge in [-0.05, 0) is 49.9 Å². The molecule has 1 aliphatic heterocycles. The van der Waals surface area contributed by atoms with Crippen LogP contribution < -0.4 is 16.0 Å². The Morgan fingerprint density at radius 3 is 2.70 bits per heavy atom. The van der Waals surface area contributed by atoms with Crippen LogP contribution in [0.3, 0.4) is 0 Å². The molecule has 1 saturated heterocycles. The first kappa shape index (κ1) is 16.0. The van der Waals surface area contributed by atoms with Gasteiger partial charge in [0.2, 0.25) is 11.8 Å². The zero-order valence-electron chi connectivity index (χ0n) is 13.9. The molecule has 0 bridgehead atoms. The molecule has 2 aliphatic rings. The summed E-state index contributed by atoms with van der Waals surface area (Å²) in [4.78, 5) is 24.3. The molecule has 0 unspecified atom stereocenters. The third kappa shape index (κ3) is 2.98. The fourth-order valence-corrected chi connectivity index (χ4v) is 4.03. The lowest BCUT2D eigenvalue weighted by Crippen LogP contribution is -2.44. The van der Waals surface area contributed by atoms with Gasteiger partial charge >= 0.3 is 0 Å². The van der Waals surface area contributed by atoms with E-state index in [0.29, 0.717) is 5.92 Å². The smallest absolute Gasteiger partial charge is 0.232 e. The van der Waals surface area contributed by atoms with E-state index in [2.05, 4.69) is 16.0 Å². The Morgan fingerprint density at radius 2 is 1.96 bits per heavy atom. The van der Waals surface area contributed by atoms with Crippen molar-refractivity contribution in [1.82, 2.24) is 5.32 Å². The molecule has 1 heterocycles. The number of benzene rings is 1. The summed E-state index contributed by atoms with van der Waals surface area (Å²) in [5.74, 6) is 0.452. The van der Waals surface area contributed by atoms with Gasteiger partial charge in [0.1, 0.15) is 0 Å². The first-order valence-corrected chi connectivity index (χ1v) is 8.42. The number of rotatable bonds is 3. The van der Waals surface area contributed by atoms with Crippen LogP contribution in [-0.4, -0.2) is 24.9 Å². The highest BCUT2D eigenvalue weighted by molar-refractivity contribution is 5.98. The number of carbonyl (C=O) groups excluding carboxylic acids is 2. The van der Waals surface area contributed by atoms with Crippen LogP contribution in [0.25, 0.3) is 0 Å². The van der Waals surface area contributed by atoms with Crippen molar-refractivity contribution >= 4 is 23.2 Å². The Balaban J connectivity index is 1.81. The lowest BCUT2D eigenvalue weighted by molar-refractivity contribution is -0.128. The van der Waals surface area contributed by atoms with E-state index in [9.17, 15) is 9.59 Å². The summed E-state index contributed by atoms with van der Waals surface area (Å²) in [6.45, 7) is 5.12. The van der Waals surface area contributed by atoms with Gasteiger partial charge in [0.05, 0.1) is 5.41 Å². The normalized spacial score (nSPS) is 26.4. The molecule has 2 amide bonds. The monoisotopic (exact) mass is 315 g/mol. The molecule has 2 atom stereocenters. The summed E-state index contributed by atoms with van der Waals surface area (Å²) in [5.41, 5.74) is 2.16. The second-order valence-electron chi connectivity index (χ2n) is 6.84. The van der Waals surface area contributed by atoms with Crippen LogP contribution in [0.1, 0.15) is 38.2 Å². The second kappa shape index (κ2) is 6.32. The second-order valence-corrected chi connectivity index (χ2v) is 6.84. The Bertz CT molecular complexity index is 629. The van der Waals surface area contributed by atoms with Gasteiger partial charge in [-0.2, -0.15) is 0 Å². The fourth-order valence-electron chi connectivity index (χ4n) is 4.03. The number of fused-ring (bicyclic) bond motifs is 1. The number of hydrogen-bond acceptors (Lipinski definition) is 3. The summed E-state index contributed by atoms with van der Waals surface area (Å²) >= 11 is 0. The summed E-state index contributed by atoms with van der Waals surface area (Å²) < 4.78 is 0. The van der Waals surface area contributed by atoms with Crippen molar-refractivity contribution in [2.24, 2.45) is 11.3 Å². The Morgan fingerprint density at radius 1 is 1.22 bits per heavy atom. The SMILES string of the molecule is CC(=O)Nc1cccc(NC(=O)[C@@]23CCCC[C@H]2CNC3)c1C. The minimum Gasteiger partial charge on any atom is -0.326 e. The first-order chi connectivity index (χ1) is 11.0. The predicted octanol–water partition coefficient (Wildman–Crippen LogP) is 2.67.